The first-order valence-electron chi connectivity index (χ1n) is 12.1. The molecule has 0 aromatic heterocycles. The van der Waals surface area contributed by atoms with Gasteiger partial charge in [-0.2, -0.15) is 0 Å². The van der Waals surface area contributed by atoms with Gasteiger partial charge in [0.05, 0.1) is 11.3 Å². The molecular weight excluding hydrogens is 492 g/mol. The van der Waals surface area contributed by atoms with Crippen LogP contribution >= 0.6 is 11.6 Å². The molecule has 0 saturated carbocycles. The molecule has 0 aliphatic heterocycles. The molecule has 3 aromatic rings. The molecule has 36 heavy (non-hydrogen) atoms. The highest BCUT2D eigenvalue weighted by Gasteiger charge is 2.22. The van der Waals surface area contributed by atoms with Crippen LogP contribution in [0.2, 0.25) is 5.02 Å². The van der Waals surface area contributed by atoms with Crippen molar-refractivity contribution in [2.24, 2.45) is 0 Å². The molecule has 7 heteroatoms. The molecule has 0 fully saturated rings. The van der Waals surface area contributed by atoms with Gasteiger partial charge >= 0.3 is 0 Å². The van der Waals surface area contributed by atoms with Gasteiger partial charge in [0.25, 0.3) is 10.0 Å². The second-order valence-corrected chi connectivity index (χ2v) is 12.2. The first kappa shape index (κ1) is 27.9. The van der Waals surface area contributed by atoms with E-state index in [0.29, 0.717) is 11.6 Å². The highest BCUT2D eigenvalue weighted by Crippen LogP contribution is 2.34. The number of hydrogen-bond donors (Lipinski definition) is 1. The lowest BCUT2D eigenvalue weighted by Crippen LogP contribution is -2.32. The van der Waals surface area contributed by atoms with Gasteiger partial charge in [-0.15, -0.1) is 0 Å². The van der Waals surface area contributed by atoms with Crippen molar-refractivity contribution in [2.75, 3.05) is 14.1 Å². The number of rotatable bonds is 9. The Bertz CT molecular complexity index is 1280. The van der Waals surface area contributed by atoms with Crippen LogP contribution in [0.5, 0.6) is 0 Å². The van der Waals surface area contributed by atoms with Crippen molar-refractivity contribution < 1.29 is 13.2 Å². The molecule has 192 valence electrons. The van der Waals surface area contributed by atoms with Gasteiger partial charge in [0.2, 0.25) is 5.91 Å². The third kappa shape index (κ3) is 6.96. The summed E-state index contributed by atoms with van der Waals surface area (Å²) in [6, 6.07) is 18.5. The molecule has 0 unspecified atom stereocenters. The molecule has 3 rings (SSSR count). The fraction of sp³-hybridized carbons (Fsp3) is 0.345. The SMILES string of the molecule is CC(C)c1cc(-c2ccc(Cl)cc2)cc(C(C)C)c1CC(=O)NS(=O)(=O)c1ccc(CN(C)C)cc1. The summed E-state index contributed by atoms with van der Waals surface area (Å²) < 4.78 is 28.1. The van der Waals surface area contributed by atoms with Crippen molar-refractivity contribution >= 4 is 27.5 Å². The van der Waals surface area contributed by atoms with Gasteiger partial charge in [-0.25, -0.2) is 13.1 Å². The van der Waals surface area contributed by atoms with Crippen LogP contribution in [0.3, 0.4) is 0 Å². The Balaban J connectivity index is 1.91. The summed E-state index contributed by atoms with van der Waals surface area (Å²) >= 11 is 6.07. The predicted octanol–water partition coefficient (Wildman–Crippen LogP) is 6.36. The second-order valence-electron chi connectivity index (χ2n) is 10.0. The number of carbonyl (C=O) groups excluding carboxylic acids is 1. The van der Waals surface area contributed by atoms with E-state index in [2.05, 4.69) is 44.5 Å². The second kappa shape index (κ2) is 11.6. The van der Waals surface area contributed by atoms with E-state index >= 15 is 0 Å². The van der Waals surface area contributed by atoms with Gasteiger partial charge in [0.1, 0.15) is 0 Å². The monoisotopic (exact) mass is 526 g/mol. The zero-order valence-corrected chi connectivity index (χ0v) is 23.4. The van der Waals surface area contributed by atoms with E-state index in [1.165, 1.54) is 12.1 Å². The Hall–Kier alpha value is -2.67. The van der Waals surface area contributed by atoms with Gasteiger partial charge in [0.15, 0.2) is 0 Å². The quantitative estimate of drug-likeness (QED) is 0.352. The molecule has 0 radical (unpaired) electrons. The van der Waals surface area contributed by atoms with E-state index in [1.807, 2.05) is 43.3 Å². The number of amides is 1. The van der Waals surface area contributed by atoms with Gasteiger partial charge in [-0.3, -0.25) is 4.79 Å². The van der Waals surface area contributed by atoms with Crippen LogP contribution in [0.1, 0.15) is 61.8 Å². The molecule has 3 aromatic carbocycles. The van der Waals surface area contributed by atoms with Crippen molar-refractivity contribution in [3.8, 4) is 11.1 Å². The number of hydrogen-bond acceptors (Lipinski definition) is 4. The van der Waals surface area contributed by atoms with Crippen molar-refractivity contribution in [2.45, 2.75) is 57.4 Å². The van der Waals surface area contributed by atoms with E-state index in [0.717, 1.165) is 33.4 Å². The normalized spacial score (nSPS) is 11.9. The summed E-state index contributed by atoms with van der Waals surface area (Å²) in [7, 11) is -0.0757. The molecule has 0 bridgehead atoms. The molecule has 0 heterocycles. The topological polar surface area (TPSA) is 66.5 Å². The predicted molar refractivity (Wildman–Crippen MR) is 148 cm³/mol. The van der Waals surface area contributed by atoms with E-state index in [9.17, 15) is 13.2 Å². The molecule has 5 nitrogen and oxygen atoms in total. The smallest absolute Gasteiger partial charge is 0.264 e. The number of nitrogens with zero attached hydrogens (tertiary/aromatic N) is 1. The molecule has 0 aliphatic carbocycles. The lowest BCUT2D eigenvalue weighted by Gasteiger charge is -2.22. The summed E-state index contributed by atoms with van der Waals surface area (Å²) in [5, 5.41) is 0.675. The van der Waals surface area contributed by atoms with E-state index < -0.39 is 15.9 Å². The zero-order chi connectivity index (χ0) is 26.6. The van der Waals surface area contributed by atoms with Crippen molar-refractivity contribution in [3.05, 3.63) is 87.9 Å². The molecule has 1 N–H and O–H groups in total. The fourth-order valence-corrected chi connectivity index (χ4v) is 5.42. The van der Waals surface area contributed by atoms with Gasteiger partial charge < -0.3 is 4.90 Å². The van der Waals surface area contributed by atoms with E-state index in [4.69, 9.17) is 11.6 Å². The highest BCUT2D eigenvalue weighted by atomic mass is 35.5. The average Bonchev–Trinajstić information content (AvgIpc) is 2.79. The Morgan fingerprint density at radius 2 is 1.39 bits per heavy atom. The summed E-state index contributed by atoms with van der Waals surface area (Å²) in [6.07, 6.45) is -0.0140. The van der Waals surface area contributed by atoms with Crippen LogP contribution in [0.25, 0.3) is 11.1 Å². The maximum Gasteiger partial charge on any atom is 0.264 e. The van der Waals surface area contributed by atoms with Crippen LogP contribution in [-0.4, -0.2) is 33.3 Å². The molecule has 0 spiro atoms. The molecular formula is C29H35ClN2O3S. The van der Waals surface area contributed by atoms with Crippen LogP contribution in [0, 0.1) is 0 Å². The summed E-state index contributed by atoms with van der Waals surface area (Å²) in [5.74, 6) is -0.243. The van der Waals surface area contributed by atoms with Gasteiger partial charge in [0, 0.05) is 11.6 Å². The lowest BCUT2D eigenvalue weighted by molar-refractivity contribution is -0.118. The molecule has 1 amide bonds. The van der Waals surface area contributed by atoms with E-state index in [1.54, 1.807) is 12.1 Å². The number of benzene rings is 3. The van der Waals surface area contributed by atoms with Crippen molar-refractivity contribution in [3.63, 3.8) is 0 Å². The third-order valence-electron chi connectivity index (χ3n) is 6.06. The third-order valence-corrected chi connectivity index (χ3v) is 7.70. The van der Waals surface area contributed by atoms with Crippen LogP contribution in [0.15, 0.2) is 65.6 Å². The Morgan fingerprint density at radius 1 is 0.861 bits per heavy atom. The molecule has 0 atom stereocenters. The van der Waals surface area contributed by atoms with Gasteiger partial charge in [-0.05, 0) is 83.6 Å². The first-order valence-corrected chi connectivity index (χ1v) is 14.0. The number of halogens is 1. The molecule has 0 saturated heterocycles. The van der Waals surface area contributed by atoms with Crippen molar-refractivity contribution in [1.82, 2.24) is 9.62 Å². The number of carbonyl (C=O) groups is 1. The number of sulfonamides is 1. The average molecular weight is 527 g/mol. The Morgan fingerprint density at radius 3 is 1.86 bits per heavy atom. The summed E-state index contributed by atoms with van der Waals surface area (Å²) in [6.45, 7) is 9.03. The van der Waals surface area contributed by atoms with Crippen LogP contribution in [-0.2, 0) is 27.8 Å². The van der Waals surface area contributed by atoms with Crippen LogP contribution < -0.4 is 4.72 Å². The van der Waals surface area contributed by atoms with Crippen LogP contribution in [0.4, 0.5) is 0 Å². The summed E-state index contributed by atoms with van der Waals surface area (Å²) in [5.41, 5.74) is 6.03. The van der Waals surface area contributed by atoms with Crippen molar-refractivity contribution in [1.29, 1.82) is 0 Å². The fourth-order valence-electron chi connectivity index (χ4n) is 4.31. The lowest BCUT2D eigenvalue weighted by atomic mass is 9.84. The van der Waals surface area contributed by atoms with E-state index in [-0.39, 0.29) is 23.2 Å². The standard InChI is InChI=1S/C29H35ClN2O3S/c1-19(2)26-15-23(22-9-11-24(30)12-10-22)16-27(20(3)4)28(26)17-29(33)31-36(34,35)25-13-7-21(8-14-25)18-32(5)6/h7-16,19-20H,17-18H2,1-6H3,(H,31,33). The minimum Gasteiger partial charge on any atom is -0.305 e. The maximum absolute atomic E-state index is 13.0. The van der Waals surface area contributed by atoms with Gasteiger partial charge in [-0.1, -0.05) is 75.7 Å². The first-order chi connectivity index (χ1) is 16.9. The number of nitrogens with one attached hydrogen (secondary N) is 1. The Kier molecular flexibility index (Phi) is 8.98. The molecule has 0 aliphatic rings. The maximum atomic E-state index is 13.0. The Labute approximate surface area is 220 Å². The largest absolute Gasteiger partial charge is 0.305 e. The highest BCUT2D eigenvalue weighted by molar-refractivity contribution is 7.90. The zero-order valence-electron chi connectivity index (χ0n) is 21.8. The minimum atomic E-state index is -3.97. The minimum absolute atomic E-state index is 0.0140. The summed E-state index contributed by atoms with van der Waals surface area (Å²) in [4.78, 5) is 15.1.